The molecule has 2 N–H and O–H groups in total. The third-order valence-corrected chi connectivity index (χ3v) is 3.42. The van der Waals surface area contributed by atoms with E-state index in [1.807, 2.05) is 36.2 Å². The van der Waals surface area contributed by atoms with Gasteiger partial charge in [0.2, 0.25) is 0 Å². The van der Waals surface area contributed by atoms with Crippen LogP contribution in [0.5, 0.6) is 0 Å². The van der Waals surface area contributed by atoms with Gasteiger partial charge in [-0.05, 0) is 35.9 Å². The molecule has 0 aliphatic carbocycles. The summed E-state index contributed by atoms with van der Waals surface area (Å²) in [6, 6.07) is 12.4. The molecule has 5 heteroatoms. The van der Waals surface area contributed by atoms with Gasteiger partial charge in [-0.3, -0.25) is 0 Å². The molecule has 0 bridgehead atoms. The molecule has 2 aromatic rings. The Hall–Kier alpha value is -1.65. The number of nitrogens with two attached hydrogens (primary N) is 1. The summed E-state index contributed by atoms with van der Waals surface area (Å²) in [6.45, 7) is 0.631. The number of nitrogens with zero attached hydrogens (tertiary/aromatic N) is 1. The van der Waals surface area contributed by atoms with E-state index in [9.17, 15) is 4.39 Å². The van der Waals surface area contributed by atoms with E-state index in [1.165, 1.54) is 6.07 Å². The van der Waals surface area contributed by atoms with Gasteiger partial charge in [0, 0.05) is 29.9 Å². The predicted molar refractivity (Wildman–Crippen MR) is 85.8 cm³/mol. The van der Waals surface area contributed by atoms with Gasteiger partial charge in [0.05, 0.1) is 0 Å². The highest BCUT2D eigenvalue weighted by molar-refractivity contribution is 7.80. The van der Waals surface area contributed by atoms with Crippen LogP contribution in [0.1, 0.15) is 11.1 Å². The van der Waals surface area contributed by atoms with Gasteiger partial charge in [-0.25, -0.2) is 4.39 Å². The minimum Gasteiger partial charge on any atom is -0.389 e. The molecule has 0 heterocycles. The maximum absolute atomic E-state index is 13.8. The van der Waals surface area contributed by atoms with Crippen molar-refractivity contribution in [2.24, 2.45) is 5.73 Å². The number of hydrogen-bond donors (Lipinski definition) is 1. The maximum atomic E-state index is 13.8. The average Bonchev–Trinajstić information content (AvgIpc) is 2.38. The Balaban J connectivity index is 2.19. The highest BCUT2D eigenvalue weighted by Gasteiger charge is 2.09. The summed E-state index contributed by atoms with van der Waals surface area (Å²) in [5.74, 6) is -0.409. The molecular formula is C15H14ClFN2S. The van der Waals surface area contributed by atoms with E-state index >= 15 is 0 Å². The van der Waals surface area contributed by atoms with Crippen LogP contribution in [0.15, 0.2) is 42.5 Å². The van der Waals surface area contributed by atoms with E-state index in [4.69, 9.17) is 29.6 Å². The summed E-state index contributed by atoms with van der Waals surface area (Å²) in [5, 5.41) is 0.686. The molecule has 0 aromatic heterocycles. The zero-order valence-corrected chi connectivity index (χ0v) is 12.5. The average molecular weight is 309 g/mol. The van der Waals surface area contributed by atoms with Crippen LogP contribution in [0, 0.1) is 5.82 Å². The summed E-state index contributed by atoms with van der Waals surface area (Å²) in [5.41, 5.74) is 7.51. The molecule has 0 saturated heterocycles. The quantitative estimate of drug-likeness (QED) is 0.872. The maximum Gasteiger partial charge on any atom is 0.135 e. The van der Waals surface area contributed by atoms with E-state index in [0.29, 0.717) is 11.6 Å². The molecule has 104 valence electrons. The van der Waals surface area contributed by atoms with Crippen molar-refractivity contribution in [2.75, 3.05) is 11.9 Å². The lowest BCUT2D eigenvalue weighted by molar-refractivity contribution is 0.625. The molecule has 2 aromatic carbocycles. The van der Waals surface area contributed by atoms with E-state index in [2.05, 4.69) is 0 Å². The van der Waals surface area contributed by atoms with Crippen molar-refractivity contribution < 1.29 is 4.39 Å². The zero-order valence-electron chi connectivity index (χ0n) is 10.9. The molecule has 0 aliphatic heterocycles. The second-order valence-electron chi connectivity index (χ2n) is 4.51. The minimum atomic E-state index is -0.409. The molecule has 0 atom stereocenters. The summed E-state index contributed by atoms with van der Waals surface area (Å²) in [4.78, 5) is 1.99. The predicted octanol–water partition coefficient (Wildman–Crippen LogP) is 3.75. The number of benzene rings is 2. The Bertz CT molecular complexity index is 646. The number of halogens is 2. The van der Waals surface area contributed by atoms with Gasteiger partial charge in [-0.15, -0.1) is 0 Å². The van der Waals surface area contributed by atoms with Crippen LogP contribution in [0.4, 0.5) is 10.1 Å². The Morgan fingerprint density at radius 3 is 2.65 bits per heavy atom. The molecule has 0 spiro atoms. The number of thiocarbonyl (C=S) groups is 1. The first-order valence-corrected chi connectivity index (χ1v) is 6.81. The first kappa shape index (κ1) is 14.8. The van der Waals surface area contributed by atoms with Gasteiger partial charge < -0.3 is 10.6 Å². The third kappa shape index (κ3) is 3.46. The monoisotopic (exact) mass is 308 g/mol. The Morgan fingerprint density at radius 2 is 2.05 bits per heavy atom. The van der Waals surface area contributed by atoms with Crippen molar-refractivity contribution in [1.29, 1.82) is 0 Å². The highest BCUT2D eigenvalue weighted by atomic mass is 35.5. The van der Waals surface area contributed by atoms with Crippen LogP contribution in [0.3, 0.4) is 0 Å². The first-order valence-electron chi connectivity index (χ1n) is 6.02. The molecule has 0 fully saturated rings. The summed E-state index contributed by atoms with van der Waals surface area (Å²) in [7, 11) is 1.89. The Kier molecular flexibility index (Phi) is 4.57. The fourth-order valence-electron chi connectivity index (χ4n) is 1.94. The SMILES string of the molecule is CN(Cc1cccc(Cl)c1)c1ccc(C(N)=S)c(F)c1. The topological polar surface area (TPSA) is 29.3 Å². The van der Waals surface area contributed by atoms with Crippen LogP contribution in [0.2, 0.25) is 5.02 Å². The highest BCUT2D eigenvalue weighted by Crippen LogP contribution is 2.20. The zero-order chi connectivity index (χ0) is 14.7. The lowest BCUT2D eigenvalue weighted by Crippen LogP contribution is -2.18. The summed E-state index contributed by atoms with van der Waals surface area (Å²) >= 11 is 10.7. The van der Waals surface area contributed by atoms with Crippen molar-refractivity contribution in [3.8, 4) is 0 Å². The van der Waals surface area contributed by atoms with Gasteiger partial charge >= 0.3 is 0 Å². The standard InChI is InChI=1S/C15H14ClFN2S/c1-19(9-10-3-2-4-11(16)7-10)12-5-6-13(15(18)20)14(17)8-12/h2-8H,9H2,1H3,(H2,18,20). The molecular weight excluding hydrogens is 295 g/mol. The number of anilines is 1. The second kappa shape index (κ2) is 6.20. The summed E-state index contributed by atoms with van der Waals surface area (Å²) in [6.07, 6.45) is 0. The molecule has 2 nitrogen and oxygen atoms in total. The Labute approximate surface area is 128 Å². The molecule has 2 rings (SSSR count). The van der Waals surface area contributed by atoms with Gasteiger partial charge in [0.15, 0.2) is 0 Å². The largest absolute Gasteiger partial charge is 0.389 e. The van der Waals surface area contributed by atoms with Gasteiger partial charge in [-0.1, -0.05) is 36.0 Å². The van der Waals surface area contributed by atoms with Crippen molar-refractivity contribution >= 4 is 34.5 Å². The summed E-state index contributed by atoms with van der Waals surface area (Å²) < 4.78 is 13.8. The van der Waals surface area contributed by atoms with Crippen LogP contribution < -0.4 is 10.6 Å². The van der Waals surface area contributed by atoms with Crippen molar-refractivity contribution in [3.63, 3.8) is 0 Å². The van der Waals surface area contributed by atoms with E-state index in [-0.39, 0.29) is 10.6 Å². The third-order valence-electron chi connectivity index (χ3n) is 2.97. The van der Waals surface area contributed by atoms with Crippen LogP contribution in [-0.2, 0) is 6.54 Å². The molecule has 0 aliphatic rings. The lowest BCUT2D eigenvalue weighted by Gasteiger charge is -2.20. The Morgan fingerprint density at radius 1 is 1.30 bits per heavy atom. The molecule has 0 amide bonds. The van der Waals surface area contributed by atoms with E-state index in [0.717, 1.165) is 11.3 Å². The van der Waals surface area contributed by atoms with Crippen molar-refractivity contribution in [3.05, 3.63) is 64.4 Å². The molecule has 0 radical (unpaired) electrons. The van der Waals surface area contributed by atoms with Crippen molar-refractivity contribution in [2.45, 2.75) is 6.54 Å². The van der Waals surface area contributed by atoms with Gasteiger partial charge in [-0.2, -0.15) is 0 Å². The number of rotatable bonds is 4. The van der Waals surface area contributed by atoms with E-state index < -0.39 is 5.82 Å². The normalized spacial score (nSPS) is 10.3. The lowest BCUT2D eigenvalue weighted by atomic mass is 10.1. The fraction of sp³-hybridized carbons (Fsp3) is 0.133. The van der Waals surface area contributed by atoms with Gasteiger partial charge in [0.1, 0.15) is 10.8 Å². The fourth-order valence-corrected chi connectivity index (χ4v) is 2.32. The molecule has 0 saturated carbocycles. The van der Waals surface area contributed by atoms with Crippen LogP contribution in [-0.4, -0.2) is 12.0 Å². The minimum absolute atomic E-state index is 0.0616. The van der Waals surface area contributed by atoms with E-state index in [1.54, 1.807) is 12.1 Å². The van der Waals surface area contributed by atoms with Crippen molar-refractivity contribution in [1.82, 2.24) is 0 Å². The first-order chi connectivity index (χ1) is 9.47. The molecule has 20 heavy (non-hydrogen) atoms. The van der Waals surface area contributed by atoms with Crippen LogP contribution in [0.25, 0.3) is 0 Å². The number of hydrogen-bond acceptors (Lipinski definition) is 2. The smallest absolute Gasteiger partial charge is 0.135 e. The second-order valence-corrected chi connectivity index (χ2v) is 5.39. The van der Waals surface area contributed by atoms with Gasteiger partial charge in [0.25, 0.3) is 0 Å². The molecule has 0 unspecified atom stereocenters. The van der Waals surface area contributed by atoms with Crippen LogP contribution >= 0.6 is 23.8 Å².